The summed E-state index contributed by atoms with van der Waals surface area (Å²) in [6, 6.07) is 2.26. The van der Waals surface area contributed by atoms with Crippen molar-refractivity contribution in [1.29, 1.82) is 0 Å². The third-order valence-corrected chi connectivity index (χ3v) is 3.71. The Hall–Kier alpha value is -0.670. The fraction of sp³-hybridized carbons (Fsp3) is 0.538. The standard InChI is InChI=1S/C13H21NOS/c1-8-6-11(12(14)7-16-5)9(2)10(3)13(8)15-4/h6,12H,7,14H2,1-5H3. The third kappa shape index (κ3) is 2.53. The summed E-state index contributed by atoms with van der Waals surface area (Å²) < 4.78 is 5.41. The normalized spacial score (nSPS) is 12.6. The second-order valence-corrected chi connectivity index (χ2v) is 5.04. The summed E-state index contributed by atoms with van der Waals surface area (Å²) in [5.74, 6) is 1.93. The van der Waals surface area contributed by atoms with E-state index >= 15 is 0 Å². The second-order valence-electron chi connectivity index (χ2n) is 4.13. The molecule has 0 bridgehead atoms. The second kappa shape index (κ2) is 5.60. The van der Waals surface area contributed by atoms with Crippen LogP contribution < -0.4 is 10.5 Å². The van der Waals surface area contributed by atoms with E-state index in [-0.39, 0.29) is 6.04 Å². The molecular weight excluding hydrogens is 218 g/mol. The van der Waals surface area contributed by atoms with Gasteiger partial charge in [0.15, 0.2) is 0 Å². The minimum absolute atomic E-state index is 0.110. The molecule has 1 rings (SSSR count). The van der Waals surface area contributed by atoms with Crippen LogP contribution in [0.5, 0.6) is 5.75 Å². The van der Waals surface area contributed by atoms with Crippen LogP contribution in [0.1, 0.15) is 28.3 Å². The van der Waals surface area contributed by atoms with E-state index < -0.39 is 0 Å². The van der Waals surface area contributed by atoms with Gasteiger partial charge in [-0.2, -0.15) is 11.8 Å². The number of nitrogens with two attached hydrogens (primary N) is 1. The molecule has 0 heterocycles. The molecule has 0 radical (unpaired) electrons. The molecule has 0 saturated heterocycles. The van der Waals surface area contributed by atoms with E-state index in [1.807, 2.05) is 0 Å². The van der Waals surface area contributed by atoms with Crippen molar-refractivity contribution in [2.75, 3.05) is 19.1 Å². The molecule has 0 aliphatic carbocycles. The Labute approximate surface area is 103 Å². The lowest BCUT2D eigenvalue weighted by atomic mass is 9.95. The molecule has 3 heteroatoms. The maximum absolute atomic E-state index is 6.17. The number of rotatable bonds is 4. The van der Waals surface area contributed by atoms with Gasteiger partial charge < -0.3 is 10.5 Å². The van der Waals surface area contributed by atoms with E-state index in [2.05, 4.69) is 33.1 Å². The van der Waals surface area contributed by atoms with Crippen molar-refractivity contribution in [3.8, 4) is 5.75 Å². The summed E-state index contributed by atoms with van der Waals surface area (Å²) in [4.78, 5) is 0. The van der Waals surface area contributed by atoms with Gasteiger partial charge >= 0.3 is 0 Å². The van der Waals surface area contributed by atoms with E-state index in [4.69, 9.17) is 10.5 Å². The van der Waals surface area contributed by atoms with E-state index in [0.717, 1.165) is 17.1 Å². The zero-order chi connectivity index (χ0) is 12.3. The minimum Gasteiger partial charge on any atom is -0.496 e. The number of hydrogen-bond donors (Lipinski definition) is 1. The number of hydrogen-bond acceptors (Lipinski definition) is 3. The molecule has 0 fully saturated rings. The van der Waals surface area contributed by atoms with Crippen LogP contribution in [0.3, 0.4) is 0 Å². The molecule has 0 aliphatic heterocycles. The molecule has 1 atom stereocenters. The molecule has 16 heavy (non-hydrogen) atoms. The summed E-state index contributed by atoms with van der Waals surface area (Å²) in [7, 11) is 1.72. The molecule has 2 N–H and O–H groups in total. The van der Waals surface area contributed by atoms with Gasteiger partial charge in [-0.05, 0) is 49.3 Å². The number of benzene rings is 1. The third-order valence-electron chi connectivity index (χ3n) is 3.02. The Morgan fingerprint density at radius 2 is 1.94 bits per heavy atom. The van der Waals surface area contributed by atoms with Crippen LogP contribution >= 0.6 is 11.8 Å². The number of ether oxygens (including phenoxy) is 1. The Kier molecular flexibility index (Phi) is 4.69. The van der Waals surface area contributed by atoms with Crippen molar-refractivity contribution in [2.45, 2.75) is 26.8 Å². The maximum atomic E-state index is 6.17. The van der Waals surface area contributed by atoms with Gasteiger partial charge in [0.2, 0.25) is 0 Å². The van der Waals surface area contributed by atoms with Gasteiger partial charge in [-0.25, -0.2) is 0 Å². The Morgan fingerprint density at radius 1 is 1.31 bits per heavy atom. The summed E-state index contributed by atoms with van der Waals surface area (Å²) in [6.45, 7) is 6.28. The SMILES string of the molecule is COc1c(C)cc(C(N)CSC)c(C)c1C. The fourth-order valence-electron chi connectivity index (χ4n) is 2.06. The van der Waals surface area contributed by atoms with Crippen molar-refractivity contribution < 1.29 is 4.74 Å². The van der Waals surface area contributed by atoms with Gasteiger partial charge in [-0.3, -0.25) is 0 Å². The van der Waals surface area contributed by atoms with Crippen LogP contribution in [0, 0.1) is 20.8 Å². The monoisotopic (exact) mass is 239 g/mol. The number of aryl methyl sites for hydroxylation is 1. The highest BCUT2D eigenvalue weighted by molar-refractivity contribution is 7.98. The predicted molar refractivity (Wildman–Crippen MR) is 72.5 cm³/mol. The van der Waals surface area contributed by atoms with Gasteiger partial charge in [-0.15, -0.1) is 0 Å². The highest BCUT2D eigenvalue weighted by Crippen LogP contribution is 2.31. The van der Waals surface area contributed by atoms with E-state index in [1.54, 1.807) is 18.9 Å². The molecule has 0 amide bonds. The lowest BCUT2D eigenvalue weighted by Gasteiger charge is -2.19. The van der Waals surface area contributed by atoms with Crippen molar-refractivity contribution in [3.63, 3.8) is 0 Å². The van der Waals surface area contributed by atoms with Crippen molar-refractivity contribution in [1.82, 2.24) is 0 Å². The zero-order valence-electron chi connectivity index (χ0n) is 10.8. The van der Waals surface area contributed by atoms with Crippen LogP contribution in [-0.2, 0) is 0 Å². The Balaban J connectivity index is 3.22. The molecule has 0 spiro atoms. The molecule has 1 aromatic carbocycles. The lowest BCUT2D eigenvalue weighted by molar-refractivity contribution is 0.408. The summed E-state index contributed by atoms with van der Waals surface area (Å²) in [5.41, 5.74) is 11.0. The Bertz CT molecular complexity index is 377. The number of methoxy groups -OCH3 is 1. The average molecular weight is 239 g/mol. The first-order valence-electron chi connectivity index (χ1n) is 5.42. The zero-order valence-corrected chi connectivity index (χ0v) is 11.6. The van der Waals surface area contributed by atoms with Gasteiger partial charge in [0, 0.05) is 11.8 Å². The van der Waals surface area contributed by atoms with E-state index in [0.29, 0.717) is 0 Å². The molecule has 1 aromatic rings. The minimum atomic E-state index is 0.110. The van der Waals surface area contributed by atoms with Crippen molar-refractivity contribution in [2.24, 2.45) is 5.73 Å². The predicted octanol–water partition coefficient (Wildman–Crippen LogP) is 2.98. The van der Waals surface area contributed by atoms with Crippen LogP contribution in [-0.4, -0.2) is 19.1 Å². The summed E-state index contributed by atoms with van der Waals surface area (Å²) >= 11 is 1.78. The smallest absolute Gasteiger partial charge is 0.124 e. The summed E-state index contributed by atoms with van der Waals surface area (Å²) in [6.07, 6.45) is 2.08. The largest absolute Gasteiger partial charge is 0.496 e. The van der Waals surface area contributed by atoms with E-state index in [9.17, 15) is 0 Å². The molecule has 2 nitrogen and oxygen atoms in total. The summed E-state index contributed by atoms with van der Waals surface area (Å²) in [5, 5.41) is 0. The van der Waals surface area contributed by atoms with Gasteiger partial charge in [0.25, 0.3) is 0 Å². The first-order chi connectivity index (χ1) is 7.52. The molecular formula is C13H21NOS. The first kappa shape index (κ1) is 13.4. The first-order valence-corrected chi connectivity index (χ1v) is 6.81. The molecule has 90 valence electrons. The molecule has 0 aromatic heterocycles. The van der Waals surface area contributed by atoms with Gasteiger partial charge in [0.1, 0.15) is 5.75 Å². The van der Waals surface area contributed by atoms with Gasteiger partial charge in [0.05, 0.1) is 7.11 Å². The van der Waals surface area contributed by atoms with Crippen molar-refractivity contribution in [3.05, 3.63) is 28.3 Å². The topological polar surface area (TPSA) is 35.2 Å². The average Bonchev–Trinajstić information content (AvgIpc) is 2.24. The van der Waals surface area contributed by atoms with Crippen molar-refractivity contribution >= 4 is 11.8 Å². The number of thioether (sulfide) groups is 1. The molecule has 0 saturated carbocycles. The molecule has 0 aliphatic rings. The quantitative estimate of drug-likeness (QED) is 0.877. The lowest BCUT2D eigenvalue weighted by Crippen LogP contribution is -2.15. The highest BCUT2D eigenvalue weighted by Gasteiger charge is 2.14. The van der Waals surface area contributed by atoms with Gasteiger partial charge in [-0.1, -0.05) is 6.07 Å². The molecule has 1 unspecified atom stereocenters. The Morgan fingerprint density at radius 3 is 2.44 bits per heavy atom. The fourth-order valence-corrected chi connectivity index (χ4v) is 2.60. The van der Waals surface area contributed by atoms with Crippen LogP contribution in [0.4, 0.5) is 0 Å². The highest BCUT2D eigenvalue weighted by atomic mass is 32.2. The van der Waals surface area contributed by atoms with Crippen LogP contribution in [0.15, 0.2) is 6.07 Å². The van der Waals surface area contributed by atoms with Crippen LogP contribution in [0.25, 0.3) is 0 Å². The van der Waals surface area contributed by atoms with E-state index in [1.165, 1.54) is 16.7 Å². The van der Waals surface area contributed by atoms with Crippen LogP contribution in [0.2, 0.25) is 0 Å². The maximum Gasteiger partial charge on any atom is 0.124 e.